The smallest absolute Gasteiger partial charge is 0.225 e. The van der Waals surface area contributed by atoms with Crippen LogP contribution in [0.3, 0.4) is 0 Å². The zero-order chi connectivity index (χ0) is 9.97. The second kappa shape index (κ2) is 4.13. The molecule has 0 N–H and O–H groups in total. The van der Waals surface area contributed by atoms with E-state index in [1.165, 1.54) is 6.42 Å². The van der Waals surface area contributed by atoms with Crippen molar-refractivity contribution >= 4 is 17.5 Å². The number of hydrogen-bond donors (Lipinski definition) is 0. The molecule has 2 unspecified atom stereocenters. The third kappa shape index (κ3) is 1.69. The highest BCUT2D eigenvalue weighted by Gasteiger charge is 2.31. The van der Waals surface area contributed by atoms with E-state index in [1.54, 1.807) is 12.4 Å². The molecule has 2 atom stereocenters. The number of anilines is 1. The van der Waals surface area contributed by atoms with Gasteiger partial charge in [0.1, 0.15) is 0 Å². The van der Waals surface area contributed by atoms with Crippen molar-refractivity contribution in [3.05, 3.63) is 18.5 Å². The highest BCUT2D eigenvalue weighted by Crippen LogP contribution is 2.27. The van der Waals surface area contributed by atoms with Crippen LogP contribution in [-0.2, 0) is 0 Å². The molecule has 1 aliphatic heterocycles. The standard InChI is InChI=1S/C10H14ClN3/c1-8-3-6-14(9(8)7-11)10-12-4-2-5-13-10/h2,4-5,8-9H,3,6-7H2,1H3. The Bertz CT molecular complexity index is 291. The highest BCUT2D eigenvalue weighted by atomic mass is 35.5. The van der Waals surface area contributed by atoms with E-state index in [4.69, 9.17) is 11.6 Å². The van der Waals surface area contributed by atoms with Crippen molar-refractivity contribution < 1.29 is 0 Å². The Labute approximate surface area is 89.1 Å². The number of aromatic nitrogens is 2. The fraction of sp³-hybridized carbons (Fsp3) is 0.600. The summed E-state index contributed by atoms with van der Waals surface area (Å²) in [5.74, 6) is 2.10. The third-order valence-corrected chi connectivity index (χ3v) is 3.17. The van der Waals surface area contributed by atoms with Crippen LogP contribution >= 0.6 is 11.6 Å². The van der Waals surface area contributed by atoms with Crippen LogP contribution in [0.2, 0.25) is 0 Å². The highest BCUT2D eigenvalue weighted by molar-refractivity contribution is 6.18. The van der Waals surface area contributed by atoms with E-state index in [1.807, 2.05) is 6.07 Å². The first-order valence-corrected chi connectivity index (χ1v) is 5.46. The maximum atomic E-state index is 5.95. The van der Waals surface area contributed by atoms with Crippen molar-refractivity contribution in [1.82, 2.24) is 9.97 Å². The summed E-state index contributed by atoms with van der Waals surface area (Å²) in [4.78, 5) is 10.7. The maximum Gasteiger partial charge on any atom is 0.225 e. The minimum absolute atomic E-state index is 0.388. The second-order valence-corrected chi connectivity index (χ2v) is 4.04. The van der Waals surface area contributed by atoms with Gasteiger partial charge in [-0.1, -0.05) is 6.92 Å². The average molecular weight is 212 g/mol. The van der Waals surface area contributed by atoms with Gasteiger partial charge >= 0.3 is 0 Å². The number of hydrogen-bond acceptors (Lipinski definition) is 3. The molecular weight excluding hydrogens is 198 g/mol. The lowest BCUT2D eigenvalue weighted by atomic mass is 10.1. The molecule has 0 spiro atoms. The van der Waals surface area contributed by atoms with E-state index in [9.17, 15) is 0 Å². The summed E-state index contributed by atoms with van der Waals surface area (Å²) in [5.41, 5.74) is 0. The van der Waals surface area contributed by atoms with Gasteiger partial charge in [0, 0.05) is 30.9 Å². The molecule has 1 saturated heterocycles. The zero-order valence-corrected chi connectivity index (χ0v) is 8.98. The Balaban J connectivity index is 2.19. The van der Waals surface area contributed by atoms with Crippen LogP contribution in [-0.4, -0.2) is 28.4 Å². The third-order valence-electron chi connectivity index (χ3n) is 2.85. The molecule has 0 aliphatic carbocycles. The maximum absolute atomic E-state index is 5.95. The molecule has 2 rings (SSSR count). The molecule has 4 heteroatoms. The fourth-order valence-electron chi connectivity index (χ4n) is 1.93. The first kappa shape index (κ1) is 9.71. The van der Waals surface area contributed by atoms with E-state index >= 15 is 0 Å². The van der Waals surface area contributed by atoms with Crippen molar-refractivity contribution in [1.29, 1.82) is 0 Å². The second-order valence-electron chi connectivity index (χ2n) is 3.73. The molecule has 3 nitrogen and oxygen atoms in total. The molecule has 0 bridgehead atoms. The first-order valence-electron chi connectivity index (χ1n) is 4.92. The molecule has 0 aromatic carbocycles. The summed E-state index contributed by atoms with van der Waals surface area (Å²) in [6, 6.07) is 2.22. The zero-order valence-electron chi connectivity index (χ0n) is 8.23. The van der Waals surface area contributed by atoms with Gasteiger partial charge in [0.2, 0.25) is 5.95 Å². The monoisotopic (exact) mass is 211 g/mol. The van der Waals surface area contributed by atoms with Crippen LogP contribution in [0.25, 0.3) is 0 Å². The predicted octanol–water partition coefficient (Wildman–Crippen LogP) is 1.93. The van der Waals surface area contributed by atoms with Gasteiger partial charge in [-0.2, -0.15) is 0 Å². The van der Waals surface area contributed by atoms with Crippen LogP contribution in [0.15, 0.2) is 18.5 Å². The van der Waals surface area contributed by atoms with Crippen molar-refractivity contribution in [2.45, 2.75) is 19.4 Å². The minimum Gasteiger partial charge on any atom is -0.336 e. The van der Waals surface area contributed by atoms with Crippen LogP contribution < -0.4 is 4.90 Å². The summed E-state index contributed by atoms with van der Waals surface area (Å²) in [7, 11) is 0. The van der Waals surface area contributed by atoms with Crippen molar-refractivity contribution in [3.8, 4) is 0 Å². The Morgan fingerprint density at radius 3 is 2.86 bits per heavy atom. The van der Waals surface area contributed by atoms with E-state index in [-0.39, 0.29) is 0 Å². The summed E-state index contributed by atoms with van der Waals surface area (Å²) in [6.45, 7) is 3.25. The molecule has 14 heavy (non-hydrogen) atoms. The number of rotatable bonds is 2. The number of nitrogens with zero attached hydrogens (tertiary/aromatic N) is 3. The normalized spacial score (nSPS) is 26.9. The molecular formula is C10H14ClN3. The summed E-state index contributed by atoms with van der Waals surface area (Å²) >= 11 is 5.95. The van der Waals surface area contributed by atoms with Gasteiger partial charge in [0.05, 0.1) is 0 Å². The quantitative estimate of drug-likeness (QED) is 0.700. The van der Waals surface area contributed by atoms with E-state index in [0.29, 0.717) is 17.8 Å². The molecule has 2 heterocycles. The van der Waals surface area contributed by atoms with Crippen LogP contribution in [0.5, 0.6) is 0 Å². The topological polar surface area (TPSA) is 29.0 Å². The largest absolute Gasteiger partial charge is 0.336 e. The van der Waals surface area contributed by atoms with Gasteiger partial charge in [0.25, 0.3) is 0 Å². The summed E-state index contributed by atoms with van der Waals surface area (Å²) in [6.07, 6.45) is 4.73. The molecule has 1 aromatic rings. The van der Waals surface area contributed by atoms with Crippen molar-refractivity contribution in [2.24, 2.45) is 5.92 Å². The van der Waals surface area contributed by atoms with Crippen LogP contribution in [0.1, 0.15) is 13.3 Å². The number of alkyl halides is 1. The first-order chi connectivity index (χ1) is 6.83. The van der Waals surface area contributed by atoms with Gasteiger partial charge in [0.15, 0.2) is 0 Å². The van der Waals surface area contributed by atoms with Gasteiger partial charge < -0.3 is 4.90 Å². The lowest BCUT2D eigenvalue weighted by molar-refractivity contribution is 0.546. The van der Waals surface area contributed by atoms with E-state index < -0.39 is 0 Å². The van der Waals surface area contributed by atoms with Gasteiger partial charge in [-0.3, -0.25) is 0 Å². The Hall–Kier alpha value is -0.830. The molecule has 1 fully saturated rings. The summed E-state index contributed by atoms with van der Waals surface area (Å²) < 4.78 is 0. The molecule has 1 aliphatic rings. The summed E-state index contributed by atoms with van der Waals surface area (Å²) in [5, 5.41) is 0. The molecule has 1 aromatic heterocycles. The molecule has 0 radical (unpaired) electrons. The Kier molecular flexibility index (Phi) is 2.87. The van der Waals surface area contributed by atoms with Crippen LogP contribution in [0.4, 0.5) is 5.95 Å². The van der Waals surface area contributed by atoms with Crippen molar-refractivity contribution in [2.75, 3.05) is 17.3 Å². The lowest BCUT2D eigenvalue weighted by Gasteiger charge is -2.24. The van der Waals surface area contributed by atoms with Crippen molar-refractivity contribution in [3.63, 3.8) is 0 Å². The molecule has 0 amide bonds. The van der Waals surface area contributed by atoms with Gasteiger partial charge in [-0.25, -0.2) is 9.97 Å². The molecule has 0 saturated carbocycles. The molecule has 76 valence electrons. The van der Waals surface area contributed by atoms with Gasteiger partial charge in [-0.05, 0) is 18.4 Å². The average Bonchev–Trinajstić information content (AvgIpc) is 2.61. The Morgan fingerprint density at radius 2 is 2.21 bits per heavy atom. The van der Waals surface area contributed by atoms with E-state index in [0.717, 1.165) is 12.5 Å². The fourth-order valence-corrected chi connectivity index (χ4v) is 2.40. The Morgan fingerprint density at radius 1 is 1.50 bits per heavy atom. The minimum atomic E-state index is 0.388. The van der Waals surface area contributed by atoms with E-state index in [2.05, 4.69) is 21.8 Å². The van der Waals surface area contributed by atoms with Gasteiger partial charge in [-0.15, -0.1) is 11.6 Å². The lowest BCUT2D eigenvalue weighted by Crippen LogP contribution is -2.34. The van der Waals surface area contributed by atoms with Crippen LogP contribution in [0, 0.1) is 5.92 Å². The predicted molar refractivity (Wildman–Crippen MR) is 57.7 cm³/mol. The SMILES string of the molecule is CC1CCN(c2ncccn2)C1CCl. The number of halogens is 1.